The lowest BCUT2D eigenvalue weighted by molar-refractivity contribution is 0.122. The van der Waals surface area contributed by atoms with Crippen LogP contribution < -0.4 is 15.5 Å². The summed E-state index contributed by atoms with van der Waals surface area (Å²) in [6, 6.07) is 11.1. The number of anilines is 1. The van der Waals surface area contributed by atoms with Crippen molar-refractivity contribution in [2.45, 2.75) is 13.1 Å². The second-order valence-electron chi connectivity index (χ2n) is 6.71. The number of nitrogens with zero attached hydrogens (tertiary/aromatic N) is 5. The van der Waals surface area contributed by atoms with Crippen molar-refractivity contribution in [3.8, 4) is 0 Å². The number of aromatic nitrogens is 3. The molecule has 0 radical (unpaired) electrons. The van der Waals surface area contributed by atoms with Gasteiger partial charge >= 0.3 is 0 Å². The Morgan fingerprint density at radius 3 is 2.70 bits per heavy atom. The van der Waals surface area contributed by atoms with Crippen LogP contribution >= 0.6 is 24.0 Å². The molecule has 3 heterocycles. The molecular weight excluding hydrogens is 500 g/mol. The Morgan fingerprint density at radius 1 is 1.13 bits per heavy atom. The van der Waals surface area contributed by atoms with E-state index in [1.54, 1.807) is 13.1 Å². The fraction of sp³-hybridized carbons (Fsp3) is 0.350. The van der Waals surface area contributed by atoms with E-state index in [-0.39, 0.29) is 29.8 Å². The predicted molar refractivity (Wildman–Crippen MR) is 125 cm³/mol. The molecule has 0 spiro atoms. The summed E-state index contributed by atoms with van der Waals surface area (Å²) in [7, 11) is 1.69. The third-order valence-corrected chi connectivity index (χ3v) is 4.85. The third-order valence-electron chi connectivity index (χ3n) is 4.85. The standard InChI is InChI=1S/C20H24FN7O.HI/c1-22-20(24-14-19-26-25-18-4-2-3-7-28(18)19)23-13-15-5-6-17(16(21)12-15)27-8-10-29-11-9-27;/h2-7,12H,8-11,13-14H2,1H3,(H2,22,23,24);1H. The maximum Gasteiger partial charge on any atom is 0.191 e. The van der Waals surface area contributed by atoms with Crippen molar-refractivity contribution in [3.05, 3.63) is 59.8 Å². The number of ether oxygens (including phenoxy) is 1. The van der Waals surface area contributed by atoms with Crippen LogP contribution in [-0.4, -0.2) is 53.9 Å². The lowest BCUT2D eigenvalue weighted by Crippen LogP contribution is -2.37. The zero-order valence-corrected chi connectivity index (χ0v) is 19.0. The molecule has 1 aliphatic rings. The van der Waals surface area contributed by atoms with Crippen molar-refractivity contribution in [3.63, 3.8) is 0 Å². The molecule has 1 aromatic carbocycles. The molecule has 0 aliphatic carbocycles. The van der Waals surface area contributed by atoms with E-state index >= 15 is 0 Å². The van der Waals surface area contributed by atoms with Crippen LogP contribution in [0.5, 0.6) is 0 Å². The van der Waals surface area contributed by atoms with Gasteiger partial charge in [-0.1, -0.05) is 12.1 Å². The van der Waals surface area contributed by atoms with E-state index in [2.05, 4.69) is 25.8 Å². The van der Waals surface area contributed by atoms with Gasteiger partial charge in [0.25, 0.3) is 0 Å². The first-order valence-corrected chi connectivity index (χ1v) is 9.59. The Morgan fingerprint density at radius 2 is 1.93 bits per heavy atom. The van der Waals surface area contributed by atoms with E-state index in [0.29, 0.717) is 51.0 Å². The van der Waals surface area contributed by atoms with Crippen LogP contribution in [-0.2, 0) is 17.8 Å². The van der Waals surface area contributed by atoms with Crippen molar-refractivity contribution >= 4 is 41.3 Å². The molecular formula is C20H25FIN7O. The van der Waals surface area contributed by atoms with Crippen LogP contribution in [0, 0.1) is 5.82 Å². The van der Waals surface area contributed by atoms with E-state index in [4.69, 9.17) is 4.74 Å². The maximum absolute atomic E-state index is 14.5. The number of halogens is 2. The number of rotatable bonds is 5. The second kappa shape index (κ2) is 10.5. The average molecular weight is 525 g/mol. The highest BCUT2D eigenvalue weighted by Gasteiger charge is 2.15. The molecule has 1 saturated heterocycles. The van der Waals surface area contributed by atoms with Crippen LogP contribution in [0.15, 0.2) is 47.6 Å². The van der Waals surface area contributed by atoms with Crippen LogP contribution in [0.3, 0.4) is 0 Å². The number of hydrogen-bond donors (Lipinski definition) is 2. The number of benzene rings is 1. The summed E-state index contributed by atoms with van der Waals surface area (Å²) < 4.78 is 21.8. The van der Waals surface area contributed by atoms with Gasteiger partial charge in [0.05, 0.1) is 25.4 Å². The van der Waals surface area contributed by atoms with Gasteiger partial charge in [-0.05, 0) is 29.8 Å². The molecule has 4 rings (SSSR count). The van der Waals surface area contributed by atoms with Crippen LogP contribution in [0.4, 0.5) is 10.1 Å². The molecule has 8 nitrogen and oxygen atoms in total. The quantitative estimate of drug-likeness (QED) is 0.302. The molecule has 1 fully saturated rings. The normalized spacial score (nSPS) is 14.5. The summed E-state index contributed by atoms with van der Waals surface area (Å²) in [6.45, 7) is 3.61. The Labute approximate surface area is 191 Å². The van der Waals surface area contributed by atoms with Crippen molar-refractivity contribution < 1.29 is 9.13 Å². The average Bonchev–Trinajstić information content (AvgIpc) is 3.18. The topological polar surface area (TPSA) is 79.1 Å². The number of nitrogens with one attached hydrogen (secondary N) is 2. The summed E-state index contributed by atoms with van der Waals surface area (Å²) in [4.78, 5) is 6.23. The van der Waals surface area contributed by atoms with Crippen LogP contribution in [0.1, 0.15) is 11.4 Å². The van der Waals surface area contributed by atoms with Gasteiger partial charge in [-0.3, -0.25) is 9.39 Å². The number of guanidine groups is 1. The van der Waals surface area contributed by atoms with Crippen LogP contribution in [0.2, 0.25) is 0 Å². The predicted octanol–water partition coefficient (Wildman–Crippen LogP) is 2.19. The van der Waals surface area contributed by atoms with E-state index in [0.717, 1.165) is 17.0 Å². The number of hydrogen-bond acceptors (Lipinski definition) is 5. The highest BCUT2D eigenvalue weighted by atomic mass is 127. The highest BCUT2D eigenvalue weighted by molar-refractivity contribution is 14.0. The minimum absolute atomic E-state index is 0. The Kier molecular flexibility index (Phi) is 7.80. The molecule has 2 aromatic heterocycles. The molecule has 1 aliphatic heterocycles. The summed E-state index contributed by atoms with van der Waals surface area (Å²) in [5.41, 5.74) is 2.26. The molecule has 0 amide bonds. The largest absolute Gasteiger partial charge is 0.378 e. The summed E-state index contributed by atoms with van der Waals surface area (Å²) >= 11 is 0. The Hall–Kier alpha value is -2.47. The lowest BCUT2D eigenvalue weighted by atomic mass is 10.1. The lowest BCUT2D eigenvalue weighted by Gasteiger charge is -2.29. The second-order valence-corrected chi connectivity index (χ2v) is 6.71. The van der Waals surface area contributed by atoms with Gasteiger partial charge in [0, 0.05) is 32.9 Å². The summed E-state index contributed by atoms with van der Waals surface area (Å²) in [5.74, 6) is 1.17. The third kappa shape index (κ3) is 5.17. The fourth-order valence-corrected chi connectivity index (χ4v) is 3.30. The van der Waals surface area contributed by atoms with Crippen LogP contribution in [0.25, 0.3) is 5.65 Å². The zero-order chi connectivity index (χ0) is 20.1. The van der Waals surface area contributed by atoms with E-state index in [9.17, 15) is 4.39 Å². The molecule has 0 atom stereocenters. The van der Waals surface area contributed by atoms with Gasteiger partial charge in [-0.2, -0.15) is 0 Å². The first-order chi connectivity index (χ1) is 14.2. The van der Waals surface area contributed by atoms with Gasteiger partial charge in [-0.15, -0.1) is 34.2 Å². The van der Waals surface area contributed by atoms with E-state index < -0.39 is 0 Å². The SMILES string of the molecule is CN=C(NCc1ccc(N2CCOCC2)c(F)c1)NCc1nnc2ccccn12.I. The van der Waals surface area contributed by atoms with Crippen molar-refractivity contribution in [2.24, 2.45) is 4.99 Å². The summed E-state index contributed by atoms with van der Waals surface area (Å²) in [6.07, 6.45) is 1.92. The van der Waals surface area contributed by atoms with Gasteiger partial charge in [-0.25, -0.2) is 4.39 Å². The molecule has 10 heteroatoms. The van der Waals surface area contributed by atoms with Gasteiger partial charge < -0.3 is 20.3 Å². The monoisotopic (exact) mass is 525 g/mol. The van der Waals surface area contributed by atoms with E-state index in [1.165, 1.54) is 0 Å². The first-order valence-electron chi connectivity index (χ1n) is 9.59. The summed E-state index contributed by atoms with van der Waals surface area (Å²) in [5, 5.41) is 14.7. The molecule has 160 valence electrons. The number of pyridine rings is 1. The Balaban J connectivity index is 0.00000256. The highest BCUT2D eigenvalue weighted by Crippen LogP contribution is 2.21. The Bertz CT molecular complexity index is 1000. The maximum atomic E-state index is 14.5. The smallest absolute Gasteiger partial charge is 0.191 e. The van der Waals surface area contributed by atoms with Crippen molar-refractivity contribution in [1.29, 1.82) is 0 Å². The zero-order valence-electron chi connectivity index (χ0n) is 16.7. The molecule has 30 heavy (non-hydrogen) atoms. The van der Waals surface area contributed by atoms with Crippen molar-refractivity contribution in [2.75, 3.05) is 38.3 Å². The fourth-order valence-electron chi connectivity index (χ4n) is 3.30. The van der Waals surface area contributed by atoms with Crippen molar-refractivity contribution in [1.82, 2.24) is 25.2 Å². The minimum atomic E-state index is -0.218. The molecule has 0 unspecified atom stereocenters. The van der Waals surface area contributed by atoms with Gasteiger partial charge in [0.15, 0.2) is 17.4 Å². The first kappa shape index (κ1) is 22.2. The number of fused-ring (bicyclic) bond motifs is 1. The number of aliphatic imine (C=N–C) groups is 1. The number of morpholine rings is 1. The molecule has 3 aromatic rings. The molecule has 0 saturated carbocycles. The van der Waals surface area contributed by atoms with Gasteiger partial charge in [0.2, 0.25) is 0 Å². The molecule has 2 N–H and O–H groups in total. The van der Waals surface area contributed by atoms with E-state index in [1.807, 2.05) is 45.8 Å². The molecule has 0 bridgehead atoms. The van der Waals surface area contributed by atoms with Gasteiger partial charge in [0.1, 0.15) is 5.82 Å². The minimum Gasteiger partial charge on any atom is -0.378 e.